The minimum atomic E-state index is -1.01. The number of urea groups is 1. The van der Waals surface area contributed by atoms with Crippen LogP contribution in [0.2, 0.25) is 0 Å². The molecular formula is C11H22N2O3S. The van der Waals surface area contributed by atoms with Crippen molar-refractivity contribution in [1.82, 2.24) is 10.2 Å². The Bertz CT molecular complexity index is 276. The number of hydrogen-bond donors (Lipinski definition) is 2. The van der Waals surface area contributed by atoms with Crippen LogP contribution in [0.3, 0.4) is 0 Å². The maximum atomic E-state index is 11.8. The fourth-order valence-electron chi connectivity index (χ4n) is 1.21. The lowest BCUT2D eigenvalue weighted by Crippen LogP contribution is -2.52. The Balaban J connectivity index is 4.47. The van der Waals surface area contributed by atoms with Crippen LogP contribution in [0.5, 0.6) is 0 Å². The summed E-state index contributed by atoms with van der Waals surface area (Å²) in [5, 5.41) is 11.6. The van der Waals surface area contributed by atoms with Crippen molar-refractivity contribution in [2.24, 2.45) is 5.41 Å². The van der Waals surface area contributed by atoms with Gasteiger partial charge in [-0.3, -0.25) is 0 Å². The monoisotopic (exact) mass is 262 g/mol. The third kappa shape index (κ3) is 5.81. The zero-order valence-electron chi connectivity index (χ0n) is 11.1. The van der Waals surface area contributed by atoms with Gasteiger partial charge < -0.3 is 15.3 Å². The van der Waals surface area contributed by atoms with Crippen molar-refractivity contribution in [3.8, 4) is 0 Å². The van der Waals surface area contributed by atoms with Crippen LogP contribution >= 0.6 is 11.8 Å². The van der Waals surface area contributed by atoms with Gasteiger partial charge in [0.2, 0.25) is 0 Å². The number of rotatable bonds is 5. The summed E-state index contributed by atoms with van der Waals surface area (Å²) in [5.74, 6) is -0.180. The van der Waals surface area contributed by atoms with Crippen LogP contribution in [0.15, 0.2) is 0 Å². The van der Waals surface area contributed by atoms with E-state index in [1.165, 1.54) is 4.90 Å². The molecule has 2 amide bonds. The average molecular weight is 262 g/mol. The lowest BCUT2D eigenvalue weighted by molar-refractivity contribution is -0.142. The Morgan fingerprint density at radius 1 is 1.41 bits per heavy atom. The highest BCUT2D eigenvalue weighted by Crippen LogP contribution is 2.19. The molecule has 0 aliphatic carbocycles. The van der Waals surface area contributed by atoms with E-state index in [-0.39, 0.29) is 6.03 Å². The van der Waals surface area contributed by atoms with E-state index in [4.69, 9.17) is 5.11 Å². The van der Waals surface area contributed by atoms with E-state index in [9.17, 15) is 9.59 Å². The van der Waals surface area contributed by atoms with Gasteiger partial charge in [-0.2, -0.15) is 11.8 Å². The van der Waals surface area contributed by atoms with Crippen LogP contribution in [0.1, 0.15) is 20.8 Å². The largest absolute Gasteiger partial charge is 0.480 e. The summed E-state index contributed by atoms with van der Waals surface area (Å²) in [6, 6.07) is -1.23. The van der Waals surface area contributed by atoms with Gasteiger partial charge in [0.1, 0.15) is 6.04 Å². The highest BCUT2D eigenvalue weighted by molar-refractivity contribution is 7.98. The smallest absolute Gasteiger partial charge is 0.326 e. The van der Waals surface area contributed by atoms with E-state index in [0.29, 0.717) is 6.54 Å². The predicted molar refractivity (Wildman–Crippen MR) is 70.4 cm³/mol. The Hall–Kier alpha value is -0.910. The van der Waals surface area contributed by atoms with Crippen molar-refractivity contribution in [1.29, 1.82) is 0 Å². The standard InChI is InChI=1S/C11H22N2O3S/c1-11(2,3)8(9(14)15)12-10(16)13(4)6-7-17-5/h8H,6-7H2,1-5H3,(H,12,16)(H,14,15)/t8-/m1/s1. The number of aliphatic carboxylic acids is 1. The second kappa shape index (κ2) is 6.74. The van der Waals surface area contributed by atoms with Gasteiger partial charge in [0.15, 0.2) is 0 Å². The minimum Gasteiger partial charge on any atom is -0.480 e. The first-order valence-corrected chi connectivity index (χ1v) is 6.83. The molecule has 0 spiro atoms. The van der Waals surface area contributed by atoms with Gasteiger partial charge in [-0.15, -0.1) is 0 Å². The fraction of sp³-hybridized carbons (Fsp3) is 0.818. The van der Waals surface area contributed by atoms with E-state index in [1.54, 1.807) is 39.6 Å². The molecule has 1 atom stereocenters. The molecule has 0 aromatic rings. The van der Waals surface area contributed by atoms with Gasteiger partial charge in [0.25, 0.3) is 0 Å². The molecule has 0 bridgehead atoms. The van der Waals surface area contributed by atoms with Crippen LogP contribution in [0.4, 0.5) is 4.79 Å². The van der Waals surface area contributed by atoms with Crippen LogP contribution < -0.4 is 5.32 Å². The molecule has 0 saturated carbocycles. The van der Waals surface area contributed by atoms with E-state index in [1.807, 2.05) is 6.26 Å². The summed E-state index contributed by atoms with van der Waals surface area (Å²) < 4.78 is 0. The van der Waals surface area contributed by atoms with Crippen LogP contribution in [-0.2, 0) is 4.79 Å². The third-order valence-corrected chi connectivity index (χ3v) is 2.95. The van der Waals surface area contributed by atoms with Crippen LogP contribution in [0, 0.1) is 5.41 Å². The number of amides is 2. The zero-order valence-corrected chi connectivity index (χ0v) is 11.9. The molecule has 5 nitrogen and oxygen atoms in total. The molecule has 0 aromatic carbocycles. The number of carboxylic acid groups (broad SMARTS) is 1. The number of carbonyl (C=O) groups is 2. The summed E-state index contributed by atoms with van der Waals surface area (Å²) in [4.78, 5) is 24.3. The molecule has 0 aliphatic rings. The predicted octanol–water partition coefficient (Wildman–Crippen LogP) is 1.49. The number of hydrogen-bond acceptors (Lipinski definition) is 3. The summed E-state index contributed by atoms with van der Waals surface area (Å²) in [5.41, 5.74) is -0.512. The first-order valence-electron chi connectivity index (χ1n) is 5.43. The highest BCUT2D eigenvalue weighted by Gasteiger charge is 2.33. The molecule has 17 heavy (non-hydrogen) atoms. The van der Waals surface area contributed by atoms with Crippen molar-refractivity contribution in [3.63, 3.8) is 0 Å². The third-order valence-electron chi connectivity index (χ3n) is 2.36. The van der Waals surface area contributed by atoms with Crippen molar-refractivity contribution < 1.29 is 14.7 Å². The Kier molecular flexibility index (Phi) is 6.37. The molecule has 0 unspecified atom stereocenters. The minimum absolute atomic E-state index is 0.346. The normalized spacial score (nSPS) is 13.0. The van der Waals surface area contributed by atoms with Gasteiger partial charge in [0.05, 0.1) is 0 Å². The maximum absolute atomic E-state index is 11.8. The molecule has 0 aromatic heterocycles. The second-order valence-corrected chi connectivity index (χ2v) is 5.99. The number of carboxylic acids is 1. The molecule has 0 fully saturated rings. The molecular weight excluding hydrogens is 240 g/mol. The van der Waals surface area contributed by atoms with Gasteiger partial charge in [0, 0.05) is 19.3 Å². The number of thioether (sulfide) groups is 1. The Labute approximate surface area is 107 Å². The van der Waals surface area contributed by atoms with Crippen LogP contribution in [0.25, 0.3) is 0 Å². The molecule has 100 valence electrons. The van der Waals surface area contributed by atoms with Crippen molar-refractivity contribution in [2.75, 3.05) is 25.6 Å². The van der Waals surface area contributed by atoms with Gasteiger partial charge in [-0.25, -0.2) is 9.59 Å². The average Bonchev–Trinajstić information content (AvgIpc) is 2.19. The lowest BCUT2D eigenvalue weighted by atomic mass is 9.87. The molecule has 0 aliphatic heterocycles. The maximum Gasteiger partial charge on any atom is 0.326 e. The Morgan fingerprint density at radius 2 is 1.94 bits per heavy atom. The lowest BCUT2D eigenvalue weighted by Gasteiger charge is -2.29. The molecule has 2 N–H and O–H groups in total. The van der Waals surface area contributed by atoms with E-state index < -0.39 is 17.4 Å². The Morgan fingerprint density at radius 3 is 2.29 bits per heavy atom. The van der Waals surface area contributed by atoms with Crippen molar-refractivity contribution in [2.45, 2.75) is 26.8 Å². The first kappa shape index (κ1) is 16.1. The van der Waals surface area contributed by atoms with Gasteiger partial charge >= 0.3 is 12.0 Å². The molecule has 6 heteroatoms. The number of nitrogens with one attached hydrogen (secondary N) is 1. The number of nitrogens with zero attached hydrogens (tertiary/aromatic N) is 1. The topological polar surface area (TPSA) is 69.6 Å². The second-order valence-electron chi connectivity index (χ2n) is 5.00. The van der Waals surface area contributed by atoms with Crippen LogP contribution in [-0.4, -0.2) is 53.6 Å². The quantitative estimate of drug-likeness (QED) is 0.787. The summed E-state index contributed by atoms with van der Waals surface area (Å²) >= 11 is 1.64. The van der Waals surface area contributed by atoms with Crippen molar-refractivity contribution >= 4 is 23.8 Å². The first-order chi connectivity index (χ1) is 7.70. The summed E-state index contributed by atoms with van der Waals surface area (Å²) in [7, 11) is 1.66. The fourth-order valence-corrected chi connectivity index (χ4v) is 1.67. The highest BCUT2D eigenvalue weighted by atomic mass is 32.2. The molecule has 0 radical (unpaired) electrons. The van der Waals surface area contributed by atoms with E-state index in [0.717, 1.165) is 5.75 Å². The molecule has 0 rings (SSSR count). The van der Waals surface area contributed by atoms with E-state index >= 15 is 0 Å². The molecule has 0 heterocycles. The SMILES string of the molecule is CSCCN(C)C(=O)N[C@H](C(=O)O)C(C)(C)C. The molecule has 0 saturated heterocycles. The van der Waals surface area contributed by atoms with Gasteiger partial charge in [-0.1, -0.05) is 20.8 Å². The van der Waals surface area contributed by atoms with Gasteiger partial charge in [-0.05, 0) is 11.7 Å². The zero-order chi connectivity index (χ0) is 13.6. The van der Waals surface area contributed by atoms with E-state index in [2.05, 4.69) is 5.32 Å². The summed E-state index contributed by atoms with van der Waals surface area (Å²) in [6.45, 7) is 5.96. The number of carbonyl (C=O) groups excluding carboxylic acids is 1. The summed E-state index contributed by atoms with van der Waals surface area (Å²) in [6.07, 6.45) is 1.96. The van der Waals surface area contributed by atoms with Crippen molar-refractivity contribution in [3.05, 3.63) is 0 Å².